The number of nitriles is 1. The summed E-state index contributed by atoms with van der Waals surface area (Å²) in [5.41, 5.74) is -0.0105. The van der Waals surface area contributed by atoms with E-state index in [4.69, 9.17) is 11.6 Å². The molecule has 2 amide bonds. The van der Waals surface area contributed by atoms with E-state index in [2.05, 4.69) is 15.0 Å². The molecule has 0 bridgehead atoms. The number of nitrogens with zero attached hydrogens (tertiary/aromatic N) is 3. The van der Waals surface area contributed by atoms with E-state index in [1.807, 2.05) is 0 Å². The fraction of sp³-hybridized carbons (Fsp3) is 0.391. The van der Waals surface area contributed by atoms with Gasteiger partial charge < -0.3 is 10.1 Å². The van der Waals surface area contributed by atoms with Crippen molar-refractivity contribution in [3.8, 4) is 11.8 Å². The minimum absolute atomic E-state index is 0.0738. The molecule has 180 valence electrons. The first-order valence-corrected chi connectivity index (χ1v) is 11.1. The molecule has 0 saturated heterocycles. The van der Waals surface area contributed by atoms with Crippen LogP contribution >= 0.6 is 11.6 Å². The summed E-state index contributed by atoms with van der Waals surface area (Å²) in [7, 11) is 0. The molecule has 1 saturated carbocycles. The average Bonchev–Trinajstić information content (AvgIpc) is 2.82. The Labute approximate surface area is 199 Å². The maximum atomic E-state index is 13.5. The monoisotopic (exact) mass is 494 g/mol. The van der Waals surface area contributed by atoms with Crippen molar-refractivity contribution in [3.05, 3.63) is 53.9 Å². The fourth-order valence-electron chi connectivity index (χ4n) is 3.98. The number of amides is 2. The van der Waals surface area contributed by atoms with Crippen LogP contribution < -0.4 is 15.0 Å². The fourth-order valence-corrected chi connectivity index (χ4v) is 4.10. The molecule has 11 heteroatoms. The number of carbonyl (C=O) groups excluding carboxylic acids is 2. The highest BCUT2D eigenvalue weighted by Gasteiger charge is 2.36. The van der Waals surface area contributed by atoms with E-state index in [9.17, 15) is 28.0 Å². The zero-order valence-electron chi connectivity index (χ0n) is 18.0. The second-order valence-corrected chi connectivity index (χ2v) is 8.04. The normalized spacial score (nSPS) is 15.1. The lowest BCUT2D eigenvalue weighted by Crippen LogP contribution is -2.48. The van der Waals surface area contributed by atoms with Gasteiger partial charge in [-0.1, -0.05) is 25.3 Å². The topological polar surface area (TPSA) is 95.3 Å². The zero-order chi connectivity index (χ0) is 24.7. The molecule has 1 aliphatic rings. The summed E-state index contributed by atoms with van der Waals surface area (Å²) >= 11 is 5.84. The Bertz CT molecular complexity index is 1050. The van der Waals surface area contributed by atoms with Crippen molar-refractivity contribution in [2.75, 3.05) is 10.8 Å². The van der Waals surface area contributed by atoms with Crippen LogP contribution in [0, 0.1) is 11.3 Å². The maximum Gasteiger partial charge on any atom is 0.573 e. The molecule has 3 rings (SSSR count). The smallest absolute Gasteiger partial charge is 0.406 e. The highest BCUT2D eigenvalue weighted by molar-refractivity contribution is 6.30. The molecule has 2 aromatic rings. The summed E-state index contributed by atoms with van der Waals surface area (Å²) < 4.78 is 41.8. The molecular formula is C23H22ClF3N4O3. The zero-order valence-corrected chi connectivity index (χ0v) is 18.8. The maximum absolute atomic E-state index is 13.5. The highest BCUT2D eigenvalue weighted by Crippen LogP contribution is 2.34. The van der Waals surface area contributed by atoms with E-state index < -0.39 is 35.8 Å². The summed E-state index contributed by atoms with van der Waals surface area (Å²) in [4.78, 5) is 31.5. The van der Waals surface area contributed by atoms with Crippen molar-refractivity contribution < 1.29 is 27.5 Å². The Morgan fingerprint density at radius 3 is 2.59 bits per heavy atom. The van der Waals surface area contributed by atoms with E-state index in [0.29, 0.717) is 5.56 Å². The van der Waals surface area contributed by atoms with Gasteiger partial charge in [0.1, 0.15) is 23.7 Å². The predicted octanol–water partition coefficient (Wildman–Crippen LogP) is 4.61. The van der Waals surface area contributed by atoms with Gasteiger partial charge in [0.25, 0.3) is 0 Å². The van der Waals surface area contributed by atoms with Crippen LogP contribution in [0.1, 0.15) is 49.3 Å². The van der Waals surface area contributed by atoms with Crippen molar-refractivity contribution in [2.24, 2.45) is 0 Å². The Balaban J connectivity index is 2.06. The second kappa shape index (κ2) is 11.2. The molecular weight excluding hydrogens is 473 g/mol. The molecule has 1 fully saturated rings. The lowest BCUT2D eigenvalue weighted by Gasteiger charge is -2.33. The van der Waals surface area contributed by atoms with Crippen LogP contribution in [0.25, 0.3) is 0 Å². The van der Waals surface area contributed by atoms with Crippen molar-refractivity contribution in [3.63, 3.8) is 0 Å². The Kier molecular flexibility index (Phi) is 8.34. The third-order valence-electron chi connectivity index (χ3n) is 5.42. The molecule has 1 N–H and O–H groups in total. The van der Waals surface area contributed by atoms with Gasteiger partial charge in [-0.05, 0) is 31.0 Å². The van der Waals surface area contributed by atoms with E-state index in [-0.39, 0.29) is 17.3 Å². The van der Waals surface area contributed by atoms with Gasteiger partial charge in [0.2, 0.25) is 11.8 Å². The molecule has 1 atom stereocenters. The number of halogens is 4. The molecule has 0 aliphatic heterocycles. The van der Waals surface area contributed by atoms with Gasteiger partial charge in [-0.2, -0.15) is 5.26 Å². The molecule has 34 heavy (non-hydrogen) atoms. The third-order valence-corrected chi connectivity index (χ3v) is 5.65. The van der Waals surface area contributed by atoms with Gasteiger partial charge in [-0.3, -0.25) is 19.5 Å². The summed E-state index contributed by atoms with van der Waals surface area (Å²) in [6.07, 6.45) is 2.54. The highest BCUT2D eigenvalue weighted by atomic mass is 35.5. The number of aromatic nitrogens is 1. The third kappa shape index (κ3) is 6.38. The van der Waals surface area contributed by atoms with Crippen molar-refractivity contribution >= 4 is 29.1 Å². The largest absolute Gasteiger partial charge is 0.573 e. The average molecular weight is 495 g/mol. The van der Waals surface area contributed by atoms with E-state index in [1.54, 1.807) is 18.2 Å². The summed E-state index contributed by atoms with van der Waals surface area (Å²) in [5.74, 6) is -2.37. The van der Waals surface area contributed by atoms with E-state index in [0.717, 1.165) is 55.2 Å². The first-order valence-electron chi connectivity index (χ1n) is 10.6. The van der Waals surface area contributed by atoms with Gasteiger partial charge in [-0.25, -0.2) is 0 Å². The lowest BCUT2D eigenvalue weighted by molar-refractivity contribution is -0.274. The number of anilines is 1. The summed E-state index contributed by atoms with van der Waals surface area (Å²) in [5, 5.41) is 12.6. The van der Waals surface area contributed by atoms with Crippen LogP contribution in [0.15, 0.2) is 42.7 Å². The van der Waals surface area contributed by atoms with Gasteiger partial charge in [0, 0.05) is 30.1 Å². The molecule has 0 unspecified atom stereocenters. The van der Waals surface area contributed by atoms with Crippen LogP contribution in [0.3, 0.4) is 0 Å². The van der Waals surface area contributed by atoms with Crippen LogP contribution in [0.2, 0.25) is 0 Å². The number of carbonyl (C=O) groups is 2. The number of hydrogen-bond donors (Lipinski definition) is 1. The number of nitrogens with one attached hydrogen (secondary N) is 1. The van der Waals surface area contributed by atoms with Crippen molar-refractivity contribution in [2.45, 2.75) is 50.6 Å². The van der Waals surface area contributed by atoms with Crippen LogP contribution in [0.5, 0.6) is 5.75 Å². The lowest BCUT2D eigenvalue weighted by atomic mass is 9.94. The quantitative estimate of drug-likeness (QED) is 0.567. The van der Waals surface area contributed by atoms with Crippen LogP contribution in [0.4, 0.5) is 18.9 Å². The Morgan fingerprint density at radius 2 is 2.00 bits per heavy atom. The number of benzene rings is 1. The standard InChI is InChI=1S/C23H22ClF3N4O3/c24-12-20(32)31(19-9-8-18(11-16(19)13-28)34-23(25,26)27)21(15-5-4-10-29-14-15)22(33)30-17-6-2-1-3-7-17/h4-5,8-11,14,17,21H,1-3,6-7,12H2,(H,30,33)/t21-/m0/s1. The number of ether oxygens (including phenoxy) is 1. The summed E-state index contributed by atoms with van der Waals surface area (Å²) in [6, 6.07) is 6.59. The SMILES string of the molecule is N#Cc1cc(OC(F)(F)F)ccc1N(C(=O)CCl)[C@H](C(=O)NC1CCCCC1)c1cccnc1. The minimum Gasteiger partial charge on any atom is -0.406 e. The van der Waals surface area contributed by atoms with Gasteiger partial charge in [0.15, 0.2) is 0 Å². The first kappa shape index (κ1) is 25.3. The van der Waals surface area contributed by atoms with Crippen LogP contribution in [-0.4, -0.2) is 35.1 Å². The Morgan fingerprint density at radius 1 is 1.26 bits per heavy atom. The molecule has 0 spiro atoms. The first-order chi connectivity index (χ1) is 16.2. The van der Waals surface area contributed by atoms with Gasteiger partial charge >= 0.3 is 6.36 Å². The number of hydrogen-bond acceptors (Lipinski definition) is 5. The van der Waals surface area contributed by atoms with Crippen molar-refractivity contribution in [1.82, 2.24) is 10.3 Å². The van der Waals surface area contributed by atoms with Gasteiger partial charge in [-0.15, -0.1) is 24.8 Å². The summed E-state index contributed by atoms with van der Waals surface area (Å²) in [6.45, 7) is 0. The molecule has 1 aromatic carbocycles. The molecule has 1 heterocycles. The molecule has 7 nitrogen and oxygen atoms in total. The second-order valence-electron chi connectivity index (χ2n) is 7.77. The molecule has 1 aliphatic carbocycles. The van der Waals surface area contributed by atoms with Crippen molar-refractivity contribution in [1.29, 1.82) is 5.26 Å². The Hall–Kier alpha value is -3.32. The minimum atomic E-state index is -4.96. The van der Waals surface area contributed by atoms with E-state index >= 15 is 0 Å². The number of alkyl halides is 4. The predicted molar refractivity (Wildman–Crippen MR) is 118 cm³/mol. The van der Waals surface area contributed by atoms with Crippen LogP contribution in [-0.2, 0) is 9.59 Å². The van der Waals surface area contributed by atoms with E-state index in [1.165, 1.54) is 12.4 Å². The van der Waals surface area contributed by atoms with Gasteiger partial charge in [0.05, 0.1) is 11.3 Å². The molecule has 1 aromatic heterocycles. The number of rotatable bonds is 7. The number of pyridine rings is 1. The molecule has 0 radical (unpaired) electrons.